The fraction of sp³-hybridized carbons (Fsp3) is 0.500. The third-order valence-corrected chi connectivity index (χ3v) is 4.41. The van der Waals surface area contributed by atoms with E-state index in [1.807, 2.05) is 0 Å². The molecule has 2 rings (SSSR count). The van der Waals surface area contributed by atoms with Crippen molar-refractivity contribution in [1.82, 2.24) is 9.71 Å². The number of aromatic nitrogens is 1. The van der Waals surface area contributed by atoms with Crippen LogP contribution in [0.2, 0.25) is 0 Å². The summed E-state index contributed by atoms with van der Waals surface area (Å²) in [5.41, 5.74) is 4.60. The van der Waals surface area contributed by atoms with Crippen molar-refractivity contribution in [3.63, 3.8) is 0 Å². The quantitative estimate of drug-likeness (QED) is 0.696. The first kappa shape index (κ1) is 12.3. The van der Waals surface area contributed by atoms with Crippen LogP contribution in [0.3, 0.4) is 0 Å². The summed E-state index contributed by atoms with van der Waals surface area (Å²) in [6.07, 6.45) is 3.59. The summed E-state index contributed by atoms with van der Waals surface area (Å²) >= 11 is 0. The molecular weight excluding hydrogens is 242 g/mol. The van der Waals surface area contributed by atoms with Crippen molar-refractivity contribution >= 4 is 15.8 Å². The molecule has 1 aromatic heterocycles. The summed E-state index contributed by atoms with van der Waals surface area (Å²) in [6.45, 7) is 0.0175. The molecule has 1 aliphatic rings. The lowest BCUT2D eigenvalue weighted by molar-refractivity contribution is -0.0270. The minimum absolute atomic E-state index is 0.0175. The zero-order valence-electron chi connectivity index (χ0n) is 9.26. The van der Waals surface area contributed by atoms with Crippen LogP contribution in [-0.2, 0) is 10.0 Å². The van der Waals surface area contributed by atoms with Gasteiger partial charge < -0.3 is 10.8 Å². The topological polar surface area (TPSA) is 105 Å². The molecule has 0 amide bonds. The van der Waals surface area contributed by atoms with Crippen molar-refractivity contribution in [2.24, 2.45) is 0 Å². The highest BCUT2D eigenvalue weighted by Gasteiger charge is 2.35. The summed E-state index contributed by atoms with van der Waals surface area (Å²) in [7, 11) is -3.70. The highest BCUT2D eigenvalue weighted by atomic mass is 32.2. The van der Waals surface area contributed by atoms with Crippen molar-refractivity contribution < 1.29 is 13.5 Å². The predicted octanol–water partition coefficient (Wildman–Crippen LogP) is -0.143. The minimum Gasteiger partial charge on any atom is -0.389 e. The number of hydrogen-bond acceptors (Lipinski definition) is 5. The Balaban J connectivity index is 2.12. The largest absolute Gasteiger partial charge is 0.389 e. The molecule has 1 aromatic rings. The van der Waals surface area contributed by atoms with E-state index in [9.17, 15) is 13.5 Å². The molecule has 0 aromatic carbocycles. The number of nitrogens with two attached hydrogens (primary N) is 1. The monoisotopic (exact) mass is 257 g/mol. The van der Waals surface area contributed by atoms with Gasteiger partial charge in [0.1, 0.15) is 10.7 Å². The molecule has 1 fully saturated rings. The number of nitrogens with one attached hydrogen (secondary N) is 1. The van der Waals surface area contributed by atoms with E-state index >= 15 is 0 Å². The van der Waals surface area contributed by atoms with E-state index in [1.165, 1.54) is 18.3 Å². The van der Waals surface area contributed by atoms with Crippen LogP contribution >= 0.6 is 0 Å². The van der Waals surface area contributed by atoms with Gasteiger partial charge in [-0.1, -0.05) is 0 Å². The van der Waals surface area contributed by atoms with Crippen LogP contribution < -0.4 is 10.5 Å². The van der Waals surface area contributed by atoms with Gasteiger partial charge in [-0.2, -0.15) is 0 Å². The Bertz CT molecular complexity index is 511. The Morgan fingerprint density at radius 2 is 2.24 bits per heavy atom. The van der Waals surface area contributed by atoms with E-state index in [4.69, 9.17) is 5.73 Å². The second-order valence-corrected chi connectivity index (χ2v) is 6.02. The normalized spacial score (nSPS) is 18.6. The SMILES string of the molecule is Nc1ncccc1S(=O)(=O)NCC1(O)CCC1. The summed E-state index contributed by atoms with van der Waals surface area (Å²) < 4.78 is 26.2. The van der Waals surface area contributed by atoms with Crippen LogP contribution in [0.15, 0.2) is 23.2 Å². The number of hydrogen-bond donors (Lipinski definition) is 3. The Kier molecular flexibility index (Phi) is 3.07. The van der Waals surface area contributed by atoms with Gasteiger partial charge in [-0.15, -0.1) is 0 Å². The molecule has 0 atom stereocenters. The molecule has 7 heteroatoms. The van der Waals surface area contributed by atoms with Gasteiger partial charge in [0.15, 0.2) is 0 Å². The first-order valence-electron chi connectivity index (χ1n) is 5.36. The molecule has 0 aliphatic heterocycles. The fourth-order valence-corrected chi connectivity index (χ4v) is 2.90. The van der Waals surface area contributed by atoms with Crippen molar-refractivity contribution in [1.29, 1.82) is 0 Å². The van der Waals surface area contributed by atoms with E-state index in [0.29, 0.717) is 12.8 Å². The molecule has 0 unspecified atom stereocenters. The number of anilines is 1. The summed E-state index contributed by atoms with van der Waals surface area (Å²) in [5, 5.41) is 9.82. The van der Waals surface area contributed by atoms with Gasteiger partial charge in [-0.3, -0.25) is 0 Å². The summed E-state index contributed by atoms with van der Waals surface area (Å²) in [6, 6.07) is 2.89. The molecule has 0 radical (unpaired) electrons. The predicted molar refractivity (Wildman–Crippen MR) is 62.6 cm³/mol. The lowest BCUT2D eigenvalue weighted by atomic mass is 9.81. The molecule has 94 valence electrons. The number of aliphatic hydroxyl groups is 1. The lowest BCUT2D eigenvalue weighted by Gasteiger charge is -2.36. The van der Waals surface area contributed by atoms with Gasteiger partial charge in [0.05, 0.1) is 5.60 Å². The van der Waals surface area contributed by atoms with Crippen LogP contribution in [0.5, 0.6) is 0 Å². The van der Waals surface area contributed by atoms with Crippen LogP contribution in [0.4, 0.5) is 5.82 Å². The molecule has 1 saturated carbocycles. The van der Waals surface area contributed by atoms with Gasteiger partial charge in [0, 0.05) is 12.7 Å². The van der Waals surface area contributed by atoms with Gasteiger partial charge in [-0.25, -0.2) is 18.1 Å². The average molecular weight is 257 g/mol. The van der Waals surface area contributed by atoms with Crippen LogP contribution in [-0.4, -0.2) is 30.7 Å². The lowest BCUT2D eigenvalue weighted by Crippen LogP contribution is -2.47. The van der Waals surface area contributed by atoms with E-state index in [-0.39, 0.29) is 17.3 Å². The minimum atomic E-state index is -3.70. The fourth-order valence-electron chi connectivity index (χ4n) is 1.70. The van der Waals surface area contributed by atoms with Crippen molar-refractivity contribution in [3.05, 3.63) is 18.3 Å². The zero-order valence-corrected chi connectivity index (χ0v) is 10.1. The van der Waals surface area contributed by atoms with E-state index in [0.717, 1.165) is 6.42 Å². The van der Waals surface area contributed by atoms with Crippen LogP contribution in [0.1, 0.15) is 19.3 Å². The Morgan fingerprint density at radius 3 is 2.76 bits per heavy atom. The van der Waals surface area contributed by atoms with Gasteiger partial charge in [0.2, 0.25) is 10.0 Å². The summed E-state index contributed by atoms with van der Waals surface area (Å²) in [4.78, 5) is 3.67. The molecule has 0 spiro atoms. The maximum atomic E-state index is 11.9. The molecule has 0 saturated heterocycles. The molecule has 1 heterocycles. The third-order valence-electron chi connectivity index (χ3n) is 2.96. The second-order valence-electron chi connectivity index (χ2n) is 4.29. The maximum Gasteiger partial charge on any atom is 0.244 e. The Hall–Kier alpha value is -1.18. The molecule has 4 N–H and O–H groups in total. The number of pyridine rings is 1. The van der Waals surface area contributed by atoms with E-state index in [2.05, 4.69) is 9.71 Å². The third kappa shape index (κ3) is 2.56. The van der Waals surface area contributed by atoms with Crippen LogP contribution in [0.25, 0.3) is 0 Å². The smallest absolute Gasteiger partial charge is 0.244 e. The van der Waals surface area contributed by atoms with Crippen molar-refractivity contribution in [2.75, 3.05) is 12.3 Å². The Labute approximate surface area is 99.9 Å². The second kappa shape index (κ2) is 4.25. The molecule has 0 bridgehead atoms. The van der Waals surface area contributed by atoms with Crippen molar-refractivity contribution in [3.8, 4) is 0 Å². The van der Waals surface area contributed by atoms with E-state index < -0.39 is 15.6 Å². The van der Waals surface area contributed by atoms with Crippen LogP contribution in [0, 0.1) is 0 Å². The highest BCUT2D eigenvalue weighted by Crippen LogP contribution is 2.31. The van der Waals surface area contributed by atoms with Crippen molar-refractivity contribution in [2.45, 2.75) is 29.8 Å². The molecule has 1 aliphatic carbocycles. The average Bonchev–Trinajstić information content (AvgIpc) is 2.24. The molecule has 17 heavy (non-hydrogen) atoms. The number of nitrogens with zero attached hydrogens (tertiary/aromatic N) is 1. The van der Waals surface area contributed by atoms with Gasteiger partial charge in [-0.05, 0) is 31.4 Å². The number of sulfonamides is 1. The van der Waals surface area contributed by atoms with Gasteiger partial charge >= 0.3 is 0 Å². The van der Waals surface area contributed by atoms with Gasteiger partial charge in [0.25, 0.3) is 0 Å². The first-order chi connectivity index (χ1) is 7.93. The number of nitrogen functional groups attached to an aromatic ring is 1. The standard InChI is InChI=1S/C10H15N3O3S/c11-9-8(3-1-6-12-9)17(15,16)13-7-10(14)4-2-5-10/h1,3,6,13-14H,2,4-5,7H2,(H2,11,12). The molecule has 6 nitrogen and oxygen atoms in total. The summed E-state index contributed by atoms with van der Waals surface area (Å²) in [5.74, 6) is -0.0411. The highest BCUT2D eigenvalue weighted by molar-refractivity contribution is 7.89. The molecular formula is C10H15N3O3S. The Morgan fingerprint density at radius 1 is 1.53 bits per heavy atom. The van der Waals surface area contributed by atoms with E-state index in [1.54, 1.807) is 0 Å². The first-order valence-corrected chi connectivity index (χ1v) is 6.84. The maximum absolute atomic E-state index is 11.9. The number of rotatable bonds is 4. The zero-order chi connectivity index (χ0) is 12.5.